The Labute approximate surface area is 253 Å². The molecule has 1 fully saturated rings. The molecule has 0 spiro atoms. The molecule has 0 N–H and O–H groups in total. The Bertz CT molecular complexity index is 1700. The summed E-state index contributed by atoms with van der Waals surface area (Å²) in [6, 6.07) is 21.2. The molecule has 0 bridgehead atoms. The van der Waals surface area contributed by atoms with Crippen molar-refractivity contribution in [1.82, 2.24) is 4.90 Å². The number of carbonyl (C=O) groups is 3. The lowest BCUT2D eigenvalue weighted by Gasteiger charge is -2.15. The van der Waals surface area contributed by atoms with Gasteiger partial charge in [-0.15, -0.1) is 0 Å². The van der Waals surface area contributed by atoms with Gasteiger partial charge in [-0.25, -0.2) is 4.79 Å². The van der Waals surface area contributed by atoms with Crippen LogP contribution in [-0.2, 0) is 11.3 Å². The number of hydrogen-bond donors (Lipinski definition) is 0. The van der Waals surface area contributed by atoms with Crippen LogP contribution in [0.4, 0.5) is 4.79 Å². The van der Waals surface area contributed by atoms with E-state index in [0.29, 0.717) is 43.6 Å². The van der Waals surface area contributed by atoms with Gasteiger partial charge in [-0.3, -0.25) is 14.5 Å². The highest BCUT2D eigenvalue weighted by Crippen LogP contribution is 2.40. The maximum Gasteiger partial charge on any atom is 0.344 e. The van der Waals surface area contributed by atoms with Crippen molar-refractivity contribution in [3.8, 4) is 11.5 Å². The maximum atomic E-state index is 13.2. The van der Waals surface area contributed by atoms with Crippen LogP contribution in [-0.4, -0.2) is 28.6 Å². The molecule has 0 radical (unpaired) electrons. The van der Waals surface area contributed by atoms with Gasteiger partial charge in [0.15, 0.2) is 11.5 Å². The first-order chi connectivity index (χ1) is 19.2. The van der Waals surface area contributed by atoms with E-state index >= 15 is 0 Å². The number of nitrogens with zero attached hydrogens (tertiary/aromatic N) is 1. The summed E-state index contributed by atoms with van der Waals surface area (Å²) < 4.78 is 12.0. The summed E-state index contributed by atoms with van der Waals surface area (Å²) in [4.78, 5) is 40.3. The Hall–Kier alpha value is -3.30. The minimum atomic E-state index is -0.534. The zero-order valence-corrected chi connectivity index (χ0v) is 24.9. The van der Waals surface area contributed by atoms with Crippen LogP contribution in [0.5, 0.6) is 11.5 Å². The molecule has 4 aromatic rings. The van der Waals surface area contributed by atoms with Gasteiger partial charge in [0.2, 0.25) is 0 Å². The molecule has 1 aliphatic heterocycles. The molecule has 4 aromatic carbocycles. The SMILES string of the molecule is CCOc1cc(/C=C2\SC(=O)N(Cc3ccc(Cl)cc3Cl)C2=O)cc(Br)c1OC(=O)c1cccc2ccccc12. The summed E-state index contributed by atoms with van der Waals surface area (Å²) in [6.07, 6.45) is 1.60. The molecule has 0 aliphatic carbocycles. The summed E-state index contributed by atoms with van der Waals surface area (Å²) in [5, 5.41) is 2.12. The number of hydrogen-bond acceptors (Lipinski definition) is 6. The van der Waals surface area contributed by atoms with Crippen molar-refractivity contribution in [1.29, 1.82) is 0 Å². The Balaban J connectivity index is 1.41. The molecule has 5 rings (SSSR count). The molecule has 10 heteroatoms. The van der Waals surface area contributed by atoms with E-state index in [0.717, 1.165) is 27.4 Å². The summed E-state index contributed by atoms with van der Waals surface area (Å²) in [6.45, 7) is 2.15. The summed E-state index contributed by atoms with van der Waals surface area (Å²) in [7, 11) is 0. The molecule has 1 aliphatic rings. The lowest BCUT2D eigenvalue weighted by atomic mass is 10.0. The number of fused-ring (bicyclic) bond motifs is 1. The topological polar surface area (TPSA) is 72.9 Å². The molecular weight excluding hydrogens is 637 g/mol. The number of thioether (sulfide) groups is 1. The van der Waals surface area contributed by atoms with Gasteiger partial charge in [-0.1, -0.05) is 65.7 Å². The van der Waals surface area contributed by atoms with Gasteiger partial charge in [-0.2, -0.15) is 0 Å². The first-order valence-electron chi connectivity index (χ1n) is 12.1. The molecule has 202 valence electrons. The van der Waals surface area contributed by atoms with Crippen molar-refractivity contribution in [3.63, 3.8) is 0 Å². The normalized spacial score (nSPS) is 14.3. The van der Waals surface area contributed by atoms with E-state index in [4.69, 9.17) is 32.7 Å². The fourth-order valence-electron chi connectivity index (χ4n) is 4.19. The fraction of sp³-hybridized carbons (Fsp3) is 0.100. The minimum Gasteiger partial charge on any atom is -0.490 e. The van der Waals surface area contributed by atoms with Crippen LogP contribution in [0.3, 0.4) is 0 Å². The Kier molecular flexibility index (Phi) is 8.51. The van der Waals surface area contributed by atoms with Crippen molar-refractivity contribution in [3.05, 3.63) is 109 Å². The van der Waals surface area contributed by atoms with Crippen molar-refractivity contribution >= 4 is 84.9 Å². The predicted molar refractivity (Wildman–Crippen MR) is 162 cm³/mol. The summed E-state index contributed by atoms with van der Waals surface area (Å²) in [5.41, 5.74) is 1.61. The second-order valence-electron chi connectivity index (χ2n) is 8.68. The van der Waals surface area contributed by atoms with Crippen LogP contribution in [0.1, 0.15) is 28.4 Å². The number of rotatable bonds is 7. The Morgan fingerprint density at radius 1 is 1.02 bits per heavy atom. The third-order valence-corrected chi connectivity index (χ3v) is 8.13. The van der Waals surface area contributed by atoms with Crippen molar-refractivity contribution in [2.45, 2.75) is 13.5 Å². The van der Waals surface area contributed by atoms with E-state index in [1.807, 2.05) is 37.3 Å². The Morgan fingerprint density at radius 3 is 2.58 bits per heavy atom. The highest BCUT2D eigenvalue weighted by molar-refractivity contribution is 9.10. The van der Waals surface area contributed by atoms with Gasteiger partial charge in [0.1, 0.15) is 0 Å². The van der Waals surface area contributed by atoms with E-state index in [9.17, 15) is 14.4 Å². The van der Waals surface area contributed by atoms with E-state index in [1.165, 1.54) is 0 Å². The maximum absolute atomic E-state index is 13.2. The van der Waals surface area contributed by atoms with Crippen molar-refractivity contribution in [2.24, 2.45) is 0 Å². The minimum absolute atomic E-state index is 0.0228. The van der Waals surface area contributed by atoms with Crippen molar-refractivity contribution in [2.75, 3.05) is 6.61 Å². The van der Waals surface area contributed by atoms with Crippen LogP contribution in [0.15, 0.2) is 82.2 Å². The molecule has 1 heterocycles. The second-order valence-corrected chi connectivity index (χ2v) is 11.4. The molecule has 0 unspecified atom stereocenters. The third kappa shape index (κ3) is 5.90. The largest absolute Gasteiger partial charge is 0.490 e. The molecule has 0 atom stereocenters. The van der Waals surface area contributed by atoms with Crippen LogP contribution < -0.4 is 9.47 Å². The molecule has 40 heavy (non-hydrogen) atoms. The third-order valence-electron chi connectivity index (χ3n) is 6.05. The number of carbonyl (C=O) groups excluding carboxylic acids is 3. The van der Waals surface area contributed by atoms with E-state index in [2.05, 4.69) is 15.9 Å². The number of benzene rings is 4. The van der Waals surface area contributed by atoms with Crippen LogP contribution >= 0.6 is 50.9 Å². The molecule has 2 amide bonds. The van der Waals surface area contributed by atoms with Gasteiger partial charge in [0.05, 0.1) is 28.1 Å². The molecule has 6 nitrogen and oxygen atoms in total. The molecule has 0 aromatic heterocycles. The van der Waals surface area contributed by atoms with E-state index in [-0.39, 0.29) is 17.2 Å². The van der Waals surface area contributed by atoms with E-state index < -0.39 is 17.1 Å². The standard InChI is InChI=1S/C30H20BrCl2NO5S/c1-2-38-25-13-17(14-26-28(35)34(30(37)40-26)16-19-10-11-20(32)15-24(19)33)12-23(31)27(25)39-29(36)22-9-5-7-18-6-3-4-8-21(18)22/h3-15H,2,16H2,1H3/b26-14-. The fourth-order valence-corrected chi connectivity index (χ4v) is 6.04. The van der Waals surface area contributed by atoms with Crippen LogP contribution in [0.25, 0.3) is 16.8 Å². The molecule has 1 saturated heterocycles. The van der Waals surface area contributed by atoms with Gasteiger partial charge in [0, 0.05) is 10.0 Å². The number of halogens is 3. The van der Waals surface area contributed by atoms with Gasteiger partial charge >= 0.3 is 5.97 Å². The summed E-state index contributed by atoms with van der Waals surface area (Å²) >= 11 is 16.5. The Morgan fingerprint density at radius 2 is 1.80 bits per heavy atom. The monoisotopic (exact) mass is 655 g/mol. The first-order valence-corrected chi connectivity index (χ1v) is 14.5. The second kappa shape index (κ2) is 12.1. The highest BCUT2D eigenvalue weighted by atomic mass is 79.9. The smallest absolute Gasteiger partial charge is 0.344 e. The molecule has 0 saturated carbocycles. The lowest BCUT2D eigenvalue weighted by molar-refractivity contribution is -0.123. The number of esters is 1. The van der Waals surface area contributed by atoms with Gasteiger partial charge < -0.3 is 9.47 Å². The average molecular weight is 657 g/mol. The zero-order valence-electron chi connectivity index (χ0n) is 21.0. The van der Waals surface area contributed by atoms with Gasteiger partial charge in [0.25, 0.3) is 11.1 Å². The highest BCUT2D eigenvalue weighted by Gasteiger charge is 2.35. The number of imide groups is 1. The lowest BCUT2D eigenvalue weighted by Crippen LogP contribution is -2.27. The number of ether oxygens (including phenoxy) is 2. The number of amides is 2. The summed E-state index contributed by atoms with van der Waals surface area (Å²) in [5.74, 6) is -0.457. The van der Waals surface area contributed by atoms with Gasteiger partial charge in [-0.05, 0) is 92.9 Å². The van der Waals surface area contributed by atoms with Crippen LogP contribution in [0.2, 0.25) is 10.0 Å². The quantitative estimate of drug-likeness (QED) is 0.112. The average Bonchev–Trinajstić information content (AvgIpc) is 3.19. The molecular formula is C30H20BrCl2NO5S. The van der Waals surface area contributed by atoms with Crippen LogP contribution in [0, 0.1) is 0 Å². The predicted octanol–water partition coefficient (Wildman–Crippen LogP) is 8.76. The zero-order chi connectivity index (χ0) is 28.4. The van der Waals surface area contributed by atoms with E-state index in [1.54, 1.807) is 48.5 Å². The van der Waals surface area contributed by atoms with Crippen molar-refractivity contribution < 1.29 is 23.9 Å². The first kappa shape index (κ1) is 28.2.